The molecule has 108 valence electrons. The van der Waals surface area contributed by atoms with Crippen molar-refractivity contribution in [3.63, 3.8) is 0 Å². The van der Waals surface area contributed by atoms with Crippen LogP contribution in [0.4, 0.5) is 0 Å². The lowest BCUT2D eigenvalue weighted by Crippen LogP contribution is -2.52. The molecule has 0 radical (unpaired) electrons. The highest BCUT2D eigenvalue weighted by Gasteiger charge is 2.34. The molecule has 3 heteroatoms. The minimum atomic E-state index is -0.515. The van der Waals surface area contributed by atoms with Crippen molar-refractivity contribution >= 4 is 0 Å². The van der Waals surface area contributed by atoms with Crippen LogP contribution >= 0.6 is 0 Å². The molecule has 0 aromatic heterocycles. The van der Waals surface area contributed by atoms with E-state index in [9.17, 15) is 5.26 Å². The number of benzene rings is 1. The smallest absolute Gasteiger partial charge is 0.132 e. The summed E-state index contributed by atoms with van der Waals surface area (Å²) in [6, 6.07) is 11.1. The zero-order valence-corrected chi connectivity index (χ0v) is 12.8. The van der Waals surface area contributed by atoms with Crippen molar-refractivity contribution in [1.29, 1.82) is 5.26 Å². The summed E-state index contributed by atoms with van der Waals surface area (Å²) in [4.78, 5) is 2.28. The van der Waals surface area contributed by atoms with Crippen LogP contribution in [-0.2, 0) is 12.0 Å². The third-order valence-corrected chi connectivity index (χ3v) is 4.13. The Kier molecular flexibility index (Phi) is 4.80. The van der Waals surface area contributed by atoms with E-state index >= 15 is 0 Å². The number of rotatable bonds is 4. The van der Waals surface area contributed by atoms with Gasteiger partial charge < -0.3 is 5.32 Å². The first-order valence-corrected chi connectivity index (χ1v) is 7.52. The highest BCUT2D eigenvalue weighted by Crippen LogP contribution is 2.28. The van der Waals surface area contributed by atoms with E-state index in [2.05, 4.69) is 54.4 Å². The van der Waals surface area contributed by atoms with Gasteiger partial charge in [-0.05, 0) is 30.4 Å². The molecule has 2 rings (SSSR count). The first kappa shape index (κ1) is 15.0. The molecule has 0 amide bonds. The van der Waals surface area contributed by atoms with Crippen molar-refractivity contribution in [3.05, 3.63) is 35.4 Å². The van der Waals surface area contributed by atoms with Gasteiger partial charge in [0.2, 0.25) is 0 Å². The Morgan fingerprint density at radius 1 is 1.25 bits per heavy atom. The first-order valence-electron chi connectivity index (χ1n) is 7.52. The lowest BCUT2D eigenvalue weighted by molar-refractivity contribution is 0.132. The summed E-state index contributed by atoms with van der Waals surface area (Å²) in [5.74, 6) is 0.663. The fourth-order valence-corrected chi connectivity index (χ4v) is 2.87. The van der Waals surface area contributed by atoms with Crippen molar-refractivity contribution in [2.24, 2.45) is 5.92 Å². The quantitative estimate of drug-likeness (QED) is 0.914. The number of nitriles is 1. The van der Waals surface area contributed by atoms with Crippen molar-refractivity contribution in [3.8, 4) is 6.07 Å². The maximum absolute atomic E-state index is 9.69. The number of hydrogen-bond donors (Lipinski definition) is 1. The molecule has 1 atom stereocenters. The van der Waals surface area contributed by atoms with E-state index in [1.54, 1.807) is 0 Å². The van der Waals surface area contributed by atoms with E-state index in [1.165, 1.54) is 5.56 Å². The molecular formula is C17H25N3. The van der Waals surface area contributed by atoms with Gasteiger partial charge in [-0.1, -0.05) is 38.1 Å². The summed E-state index contributed by atoms with van der Waals surface area (Å²) < 4.78 is 0. The molecule has 1 heterocycles. The SMILES string of the molecule is CC(C)Cc1ccc(C(C)(C#N)N2CCNCC2)cc1. The largest absolute Gasteiger partial charge is 0.314 e. The summed E-state index contributed by atoms with van der Waals surface area (Å²) >= 11 is 0. The maximum Gasteiger partial charge on any atom is 0.132 e. The Morgan fingerprint density at radius 3 is 2.35 bits per heavy atom. The third-order valence-electron chi connectivity index (χ3n) is 4.13. The predicted octanol–water partition coefficient (Wildman–Crippen LogP) is 2.53. The Labute approximate surface area is 122 Å². The second-order valence-corrected chi connectivity index (χ2v) is 6.22. The standard InChI is InChI=1S/C17H25N3/c1-14(2)12-15-4-6-16(7-5-15)17(3,13-18)20-10-8-19-9-11-20/h4-7,14,19H,8-12H2,1-3H3. The number of piperazine rings is 1. The molecule has 1 unspecified atom stereocenters. The summed E-state index contributed by atoms with van der Waals surface area (Å²) in [6.07, 6.45) is 1.09. The van der Waals surface area contributed by atoms with E-state index < -0.39 is 5.54 Å². The zero-order valence-electron chi connectivity index (χ0n) is 12.8. The van der Waals surface area contributed by atoms with Gasteiger partial charge in [0.05, 0.1) is 6.07 Å². The van der Waals surface area contributed by atoms with Crippen LogP contribution < -0.4 is 5.32 Å². The van der Waals surface area contributed by atoms with Gasteiger partial charge in [0.1, 0.15) is 5.54 Å². The van der Waals surface area contributed by atoms with Gasteiger partial charge in [-0.3, -0.25) is 4.90 Å². The van der Waals surface area contributed by atoms with Crippen LogP contribution in [0.1, 0.15) is 31.9 Å². The average molecular weight is 271 g/mol. The summed E-state index contributed by atoms with van der Waals surface area (Å²) in [5, 5.41) is 13.0. The monoisotopic (exact) mass is 271 g/mol. The fourth-order valence-electron chi connectivity index (χ4n) is 2.87. The van der Waals surface area contributed by atoms with Gasteiger partial charge in [0, 0.05) is 26.2 Å². The minimum Gasteiger partial charge on any atom is -0.314 e. The third kappa shape index (κ3) is 3.20. The van der Waals surface area contributed by atoms with Crippen molar-refractivity contribution < 1.29 is 0 Å². The molecule has 1 aromatic rings. The highest BCUT2D eigenvalue weighted by atomic mass is 15.2. The molecule has 1 aliphatic heterocycles. The second kappa shape index (κ2) is 6.39. The molecule has 1 fully saturated rings. The fraction of sp³-hybridized carbons (Fsp3) is 0.588. The van der Waals surface area contributed by atoms with Crippen molar-refractivity contribution in [2.75, 3.05) is 26.2 Å². The van der Waals surface area contributed by atoms with Gasteiger partial charge in [0.25, 0.3) is 0 Å². The van der Waals surface area contributed by atoms with E-state index in [0.29, 0.717) is 5.92 Å². The summed E-state index contributed by atoms with van der Waals surface area (Å²) in [5.41, 5.74) is 1.94. The molecule has 1 N–H and O–H groups in total. The molecule has 20 heavy (non-hydrogen) atoms. The van der Waals surface area contributed by atoms with E-state index in [1.807, 2.05) is 6.92 Å². The first-order chi connectivity index (χ1) is 9.56. The molecular weight excluding hydrogens is 246 g/mol. The molecule has 0 saturated carbocycles. The van der Waals surface area contributed by atoms with Gasteiger partial charge in [0.15, 0.2) is 0 Å². The van der Waals surface area contributed by atoms with Crippen molar-refractivity contribution in [2.45, 2.75) is 32.7 Å². The number of nitrogens with zero attached hydrogens (tertiary/aromatic N) is 2. The number of hydrogen-bond acceptors (Lipinski definition) is 3. The molecule has 0 bridgehead atoms. The molecule has 0 spiro atoms. The van der Waals surface area contributed by atoms with Gasteiger partial charge >= 0.3 is 0 Å². The normalized spacial score (nSPS) is 19.6. The molecule has 1 saturated heterocycles. The van der Waals surface area contributed by atoms with Crippen LogP contribution in [0.2, 0.25) is 0 Å². The Morgan fingerprint density at radius 2 is 1.85 bits per heavy atom. The number of nitrogens with one attached hydrogen (secondary N) is 1. The van der Waals surface area contributed by atoms with Crippen LogP contribution in [0.25, 0.3) is 0 Å². The zero-order chi connectivity index (χ0) is 14.6. The minimum absolute atomic E-state index is 0.515. The van der Waals surface area contributed by atoms with Crippen LogP contribution in [0.15, 0.2) is 24.3 Å². The van der Waals surface area contributed by atoms with Gasteiger partial charge in [-0.25, -0.2) is 0 Å². The molecule has 1 aromatic carbocycles. The summed E-state index contributed by atoms with van der Waals surface area (Å²) in [6.45, 7) is 10.3. The topological polar surface area (TPSA) is 39.1 Å². The average Bonchev–Trinajstić information content (AvgIpc) is 2.47. The van der Waals surface area contributed by atoms with Gasteiger partial charge in [-0.15, -0.1) is 0 Å². The van der Waals surface area contributed by atoms with E-state index in [-0.39, 0.29) is 0 Å². The van der Waals surface area contributed by atoms with E-state index in [0.717, 1.165) is 38.2 Å². The van der Waals surface area contributed by atoms with Crippen LogP contribution in [0, 0.1) is 17.2 Å². The lowest BCUT2D eigenvalue weighted by atomic mass is 9.89. The van der Waals surface area contributed by atoms with Gasteiger partial charge in [-0.2, -0.15) is 5.26 Å². The molecule has 0 aliphatic carbocycles. The highest BCUT2D eigenvalue weighted by molar-refractivity contribution is 5.33. The molecule has 3 nitrogen and oxygen atoms in total. The van der Waals surface area contributed by atoms with Crippen molar-refractivity contribution in [1.82, 2.24) is 10.2 Å². The Balaban J connectivity index is 2.20. The Hall–Kier alpha value is -1.37. The second-order valence-electron chi connectivity index (χ2n) is 6.22. The van der Waals surface area contributed by atoms with Crippen LogP contribution in [0.3, 0.4) is 0 Å². The van der Waals surface area contributed by atoms with Crippen LogP contribution in [0.5, 0.6) is 0 Å². The summed E-state index contributed by atoms with van der Waals surface area (Å²) in [7, 11) is 0. The van der Waals surface area contributed by atoms with Crippen LogP contribution in [-0.4, -0.2) is 31.1 Å². The molecule has 1 aliphatic rings. The maximum atomic E-state index is 9.69. The lowest BCUT2D eigenvalue weighted by Gasteiger charge is -2.39. The van der Waals surface area contributed by atoms with E-state index in [4.69, 9.17) is 0 Å². The predicted molar refractivity (Wildman–Crippen MR) is 82.4 cm³/mol. The Bertz CT molecular complexity index is 466.